The first-order valence-electron chi connectivity index (χ1n) is 11.5. The second kappa shape index (κ2) is 13.1. The first kappa shape index (κ1) is 27.2. The van der Waals surface area contributed by atoms with Crippen molar-refractivity contribution in [3.05, 3.63) is 54.2 Å². The molecule has 3 atom stereocenters. The number of likely N-dealkylation sites (tertiary alicyclic amines) is 1. The van der Waals surface area contributed by atoms with Gasteiger partial charge in [0, 0.05) is 19.3 Å². The first-order valence-corrected chi connectivity index (χ1v) is 11.5. The highest BCUT2D eigenvalue weighted by Gasteiger charge is 2.36. The molecular weight excluding hydrogens is 486 g/mol. The second-order valence-corrected chi connectivity index (χ2v) is 8.22. The van der Waals surface area contributed by atoms with E-state index in [0.29, 0.717) is 18.8 Å². The number of carbonyl (C=O) groups is 4. The van der Waals surface area contributed by atoms with Gasteiger partial charge in [0.05, 0.1) is 31.4 Å². The molecule has 1 fully saturated rings. The molecule has 2 heterocycles. The van der Waals surface area contributed by atoms with Gasteiger partial charge in [-0.2, -0.15) is 0 Å². The fourth-order valence-electron chi connectivity index (χ4n) is 3.84. The summed E-state index contributed by atoms with van der Waals surface area (Å²) in [5.41, 5.74) is 0.155. The Bertz CT molecular complexity index is 1100. The Morgan fingerprint density at radius 1 is 1.14 bits per heavy atom. The number of aromatic nitrogens is 1. The minimum Gasteiger partial charge on any atom is -0.496 e. The maximum absolute atomic E-state index is 12.5. The van der Waals surface area contributed by atoms with Crippen LogP contribution in [0.2, 0.25) is 0 Å². The Morgan fingerprint density at radius 3 is 2.57 bits per heavy atom. The summed E-state index contributed by atoms with van der Waals surface area (Å²) in [6.45, 7) is -0.363. The van der Waals surface area contributed by atoms with E-state index in [4.69, 9.17) is 9.47 Å². The van der Waals surface area contributed by atoms with E-state index < -0.39 is 42.6 Å². The van der Waals surface area contributed by atoms with E-state index in [1.165, 1.54) is 18.1 Å². The molecule has 0 aliphatic carbocycles. The van der Waals surface area contributed by atoms with E-state index in [2.05, 4.69) is 20.9 Å². The minimum atomic E-state index is -1.39. The number of benzene rings is 1. The van der Waals surface area contributed by atoms with Crippen LogP contribution in [0.25, 0.3) is 0 Å². The van der Waals surface area contributed by atoms with Gasteiger partial charge in [0.2, 0.25) is 5.91 Å². The number of methoxy groups -OCH3 is 1. The molecule has 1 saturated heterocycles. The van der Waals surface area contributed by atoms with Crippen LogP contribution < -0.4 is 20.7 Å². The van der Waals surface area contributed by atoms with Crippen molar-refractivity contribution in [2.75, 3.05) is 38.7 Å². The van der Waals surface area contributed by atoms with Crippen molar-refractivity contribution in [3.8, 4) is 5.75 Å². The monoisotopic (exact) mass is 515 g/mol. The molecule has 0 spiro atoms. The Kier molecular flexibility index (Phi) is 9.61. The molecule has 0 saturated carbocycles. The van der Waals surface area contributed by atoms with E-state index in [-0.39, 0.29) is 30.4 Å². The molecule has 2 aromatic rings. The molecule has 0 radical (unpaired) electrons. The number of para-hydroxylation sites is 1. The summed E-state index contributed by atoms with van der Waals surface area (Å²) >= 11 is 0. The maximum Gasteiger partial charge on any atom is 0.407 e. The summed E-state index contributed by atoms with van der Waals surface area (Å²) in [4.78, 5) is 53.4. The summed E-state index contributed by atoms with van der Waals surface area (Å²) in [6.07, 6.45) is 0.373. The van der Waals surface area contributed by atoms with Gasteiger partial charge in [-0.1, -0.05) is 18.2 Å². The van der Waals surface area contributed by atoms with Crippen molar-refractivity contribution in [3.63, 3.8) is 0 Å². The van der Waals surface area contributed by atoms with Crippen LogP contribution in [-0.4, -0.2) is 95.5 Å². The van der Waals surface area contributed by atoms with Crippen LogP contribution in [0.15, 0.2) is 48.7 Å². The summed E-state index contributed by atoms with van der Waals surface area (Å²) in [5, 5.41) is 26.8. The standard InChI is InChI=1S/C24H29N5O8/c1-36-19-7-3-2-6-17(19)22(31)28-18(23(32)33)12-27-21(30)14-37-16-10-15(29(13-16)24(34)35)11-26-20-8-4-5-9-25-20/h2-9,15-16,18H,10-14H2,1H3,(H,25,26)(H,27,30)(H,28,31)(H,32,33)(H,34,35). The SMILES string of the molecule is COc1ccccc1C(=O)NC(CNC(=O)COC1CC(CNc2ccccn2)N(C(=O)O)C1)C(=O)O. The topological polar surface area (TPSA) is 179 Å². The number of aliphatic carboxylic acids is 1. The van der Waals surface area contributed by atoms with Gasteiger partial charge in [-0.25, -0.2) is 14.6 Å². The highest BCUT2D eigenvalue weighted by Crippen LogP contribution is 2.21. The number of carboxylic acid groups (broad SMARTS) is 2. The van der Waals surface area contributed by atoms with Crippen LogP contribution >= 0.6 is 0 Å². The molecular formula is C24H29N5O8. The van der Waals surface area contributed by atoms with E-state index >= 15 is 0 Å². The van der Waals surface area contributed by atoms with Gasteiger partial charge < -0.3 is 40.5 Å². The predicted octanol–water partition coefficient (Wildman–Crippen LogP) is 0.639. The fraction of sp³-hybridized carbons (Fsp3) is 0.375. The number of nitrogens with zero attached hydrogens (tertiary/aromatic N) is 2. The van der Waals surface area contributed by atoms with E-state index in [0.717, 1.165) is 0 Å². The number of ether oxygens (including phenoxy) is 2. The van der Waals surface area contributed by atoms with E-state index in [9.17, 15) is 29.4 Å². The smallest absolute Gasteiger partial charge is 0.407 e. The number of carbonyl (C=O) groups excluding carboxylic acids is 2. The molecule has 3 amide bonds. The van der Waals surface area contributed by atoms with Crippen LogP contribution in [0.5, 0.6) is 5.75 Å². The van der Waals surface area contributed by atoms with Gasteiger partial charge in [-0.05, 0) is 30.7 Å². The van der Waals surface area contributed by atoms with E-state index in [1.54, 1.807) is 36.5 Å². The zero-order valence-corrected chi connectivity index (χ0v) is 20.1. The molecule has 1 aromatic carbocycles. The number of amides is 3. The van der Waals surface area contributed by atoms with Crippen molar-refractivity contribution in [1.82, 2.24) is 20.5 Å². The third kappa shape index (κ3) is 7.80. The third-order valence-corrected chi connectivity index (χ3v) is 5.71. The van der Waals surface area contributed by atoms with E-state index in [1.807, 2.05) is 6.07 Å². The number of nitrogens with one attached hydrogen (secondary N) is 3. The number of pyridine rings is 1. The third-order valence-electron chi connectivity index (χ3n) is 5.71. The maximum atomic E-state index is 12.5. The normalized spacial score (nSPS) is 17.5. The van der Waals surface area contributed by atoms with Crippen LogP contribution in [0.3, 0.4) is 0 Å². The van der Waals surface area contributed by atoms with Crippen LogP contribution in [0, 0.1) is 0 Å². The zero-order chi connectivity index (χ0) is 26.8. The lowest BCUT2D eigenvalue weighted by Crippen LogP contribution is -2.49. The van der Waals surface area contributed by atoms with Gasteiger partial charge in [0.15, 0.2) is 0 Å². The lowest BCUT2D eigenvalue weighted by atomic mass is 10.1. The molecule has 5 N–H and O–H groups in total. The molecule has 198 valence electrons. The largest absolute Gasteiger partial charge is 0.496 e. The Hall–Kier alpha value is -4.39. The molecule has 0 bridgehead atoms. The molecule has 37 heavy (non-hydrogen) atoms. The summed E-state index contributed by atoms with van der Waals surface area (Å²) < 4.78 is 10.7. The average Bonchev–Trinajstić information content (AvgIpc) is 3.32. The average molecular weight is 516 g/mol. The van der Waals surface area contributed by atoms with Gasteiger partial charge in [0.1, 0.15) is 24.2 Å². The molecule has 13 nitrogen and oxygen atoms in total. The highest BCUT2D eigenvalue weighted by atomic mass is 16.5. The predicted molar refractivity (Wildman–Crippen MR) is 130 cm³/mol. The van der Waals surface area contributed by atoms with Gasteiger partial charge in [-0.3, -0.25) is 9.59 Å². The number of anilines is 1. The number of hydrogen-bond donors (Lipinski definition) is 5. The van der Waals surface area contributed by atoms with Crippen molar-refractivity contribution in [2.24, 2.45) is 0 Å². The Labute approximate surface area is 212 Å². The lowest BCUT2D eigenvalue weighted by molar-refractivity contribution is -0.139. The summed E-state index contributed by atoms with van der Waals surface area (Å²) in [6, 6.07) is 9.91. The zero-order valence-electron chi connectivity index (χ0n) is 20.1. The molecule has 1 aromatic heterocycles. The number of rotatable bonds is 12. The van der Waals surface area contributed by atoms with Gasteiger partial charge in [0.25, 0.3) is 5.91 Å². The quantitative estimate of drug-likeness (QED) is 0.269. The van der Waals surface area contributed by atoms with Gasteiger partial charge >= 0.3 is 12.1 Å². The fourth-order valence-corrected chi connectivity index (χ4v) is 3.84. The molecule has 1 aliphatic rings. The Balaban J connectivity index is 1.46. The summed E-state index contributed by atoms with van der Waals surface area (Å²) in [5.74, 6) is -1.71. The Morgan fingerprint density at radius 2 is 1.89 bits per heavy atom. The lowest BCUT2D eigenvalue weighted by Gasteiger charge is -2.21. The molecule has 3 unspecified atom stereocenters. The molecule has 3 rings (SSSR count). The van der Waals surface area contributed by atoms with Crippen molar-refractivity contribution < 1.29 is 38.9 Å². The first-order chi connectivity index (χ1) is 17.8. The number of hydrogen-bond acceptors (Lipinski definition) is 8. The van der Waals surface area contributed by atoms with Gasteiger partial charge in [-0.15, -0.1) is 0 Å². The molecule has 13 heteroatoms. The van der Waals surface area contributed by atoms with Crippen molar-refractivity contribution >= 4 is 29.7 Å². The van der Waals surface area contributed by atoms with Crippen molar-refractivity contribution in [1.29, 1.82) is 0 Å². The van der Waals surface area contributed by atoms with Crippen LogP contribution in [0.1, 0.15) is 16.8 Å². The van der Waals surface area contributed by atoms with Crippen LogP contribution in [0.4, 0.5) is 10.6 Å². The van der Waals surface area contributed by atoms with Crippen LogP contribution in [-0.2, 0) is 14.3 Å². The second-order valence-electron chi connectivity index (χ2n) is 8.22. The highest BCUT2D eigenvalue weighted by molar-refractivity contribution is 5.99. The molecule has 1 aliphatic heterocycles. The minimum absolute atomic E-state index is 0.0872. The number of carboxylic acids is 1. The van der Waals surface area contributed by atoms with Crippen molar-refractivity contribution in [2.45, 2.75) is 24.6 Å². The summed E-state index contributed by atoms with van der Waals surface area (Å²) in [7, 11) is 1.39.